The number of carbonyl (C=O) groups excluding carboxylic acids is 1. The predicted octanol–water partition coefficient (Wildman–Crippen LogP) is 2.10. The summed E-state index contributed by atoms with van der Waals surface area (Å²) in [5.41, 5.74) is 0.137. The van der Waals surface area contributed by atoms with Crippen molar-refractivity contribution in [1.29, 1.82) is 0 Å². The number of hydrogen-bond donors (Lipinski definition) is 2. The van der Waals surface area contributed by atoms with Gasteiger partial charge in [-0.25, -0.2) is 4.79 Å². The quantitative estimate of drug-likeness (QED) is 0.868. The molecule has 0 aliphatic carbocycles. The van der Waals surface area contributed by atoms with Crippen LogP contribution in [0.4, 0.5) is 4.79 Å². The van der Waals surface area contributed by atoms with Gasteiger partial charge in [0.15, 0.2) is 0 Å². The molecule has 1 aromatic rings. The van der Waals surface area contributed by atoms with Gasteiger partial charge in [-0.15, -0.1) is 0 Å². The van der Waals surface area contributed by atoms with Crippen LogP contribution in [0.1, 0.15) is 25.3 Å². The molecule has 23 heavy (non-hydrogen) atoms. The maximum atomic E-state index is 12.2. The number of benzene rings is 1. The highest BCUT2D eigenvalue weighted by Gasteiger charge is 2.43. The zero-order chi connectivity index (χ0) is 16.9. The maximum absolute atomic E-state index is 12.2. The number of likely N-dealkylation sites (tertiary alicyclic amines) is 1. The third kappa shape index (κ3) is 4.69. The lowest BCUT2D eigenvalue weighted by Gasteiger charge is -2.45. The molecule has 2 unspecified atom stereocenters. The molecule has 1 aliphatic heterocycles. The molecule has 0 saturated carbocycles. The van der Waals surface area contributed by atoms with E-state index in [-0.39, 0.29) is 18.9 Å². The van der Waals surface area contributed by atoms with Gasteiger partial charge < -0.3 is 20.1 Å². The molecule has 0 aromatic heterocycles. The number of carboxylic acid groups (broad SMARTS) is 1. The molecule has 1 fully saturated rings. The third-order valence-corrected chi connectivity index (χ3v) is 4.50. The van der Waals surface area contributed by atoms with E-state index in [1.54, 1.807) is 0 Å². The van der Waals surface area contributed by atoms with E-state index in [0.29, 0.717) is 6.42 Å². The fourth-order valence-corrected chi connectivity index (χ4v) is 3.10. The second-order valence-corrected chi connectivity index (χ2v) is 6.33. The van der Waals surface area contributed by atoms with Crippen LogP contribution in [-0.2, 0) is 16.1 Å². The average molecular weight is 320 g/mol. The molecule has 1 amide bonds. The highest BCUT2D eigenvalue weighted by Crippen LogP contribution is 2.31. The van der Waals surface area contributed by atoms with Gasteiger partial charge >= 0.3 is 12.1 Å². The molecule has 0 bridgehead atoms. The van der Waals surface area contributed by atoms with Gasteiger partial charge in [0.2, 0.25) is 0 Å². The number of aliphatic carboxylic acids is 1. The van der Waals surface area contributed by atoms with Gasteiger partial charge in [0.1, 0.15) is 6.61 Å². The highest BCUT2D eigenvalue weighted by atomic mass is 16.5. The Morgan fingerprint density at radius 2 is 2.09 bits per heavy atom. The summed E-state index contributed by atoms with van der Waals surface area (Å²) in [6.45, 7) is 3.63. The van der Waals surface area contributed by atoms with Crippen molar-refractivity contribution in [2.75, 3.05) is 20.1 Å². The van der Waals surface area contributed by atoms with Crippen LogP contribution in [0.2, 0.25) is 0 Å². The molecule has 2 N–H and O–H groups in total. The summed E-state index contributed by atoms with van der Waals surface area (Å²) >= 11 is 0. The van der Waals surface area contributed by atoms with E-state index >= 15 is 0 Å². The number of ether oxygens (including phenoxy) is 1. The molecule has 1 aliphatic rings. The number of nitrogens with one attached hydrogen (secondary N) is 1. The molecule has 0 spiro atoms. The lowest BCUT2D eigenvalue weighted by Crippen LogP contribution is -2.60. The Balaban J connectivity index is 1.99. The van der Waals surface area contributed by atoms with Crippen molar-refractivity contribution in [3.05, 3.63) is 35.9 Å². The number of amides is 1. The lowest BCUT2D eigenvalue weighted by molar-refractivity contribution is -0.140. The first-order valence-corrected chi connectivity index (χ1v) is 7.80. The number of piperidine rings is 1. The number of alkyl carbamates (subject to hydrolysis) is 1. The van der Waals surface area contributed by atoms with Crippen LogP contribution in [-0.4, -0.2) is 47.7 Å². The topological polar surface area (TPSA) is 78.9 Å². The van der Waals surface area contributed by atoms with Crippen LogP contribution >= 0.6 is 0 Å². The largest absolute Gasteiger partial charge is 0.481 e. The van der Waals surface area contributed by atoms with Crippen molar-refractivity contribution >= 4 is 12.1 Å². The van der Waals surface area contributed by atoms with E-state index < -0.39 is 17.6 Å². The Labute approximate surface area is 136 Å². The molecule has 126 valence electrons. The zero-order valence-electron chi connectivity index (χ0n) is 13.6. The monoisotopic (exact) mass is 320 g/mol. The summed E-state index contributed by atoms with van der Waals surface area (Å²) in [5.74, 6) is -0.883. The first-order valence-electron chi connectivity index (χ1n) is 7.80. The first-order chi connectivity index (χ1) is 10.9. The van der Waals surface area contributed by atoms with E-state index in [1.165, 1.54) is 0 Å². The fraction of sp³-hybridized carbons (Fsp3) is 0.529. The van der Waals surface area contributed by atoms with Gasteiger partial charge in [-0.1, -0.05) is 37.3 Å². The SMILES string of the molecule is CC1CN(C)CCC1(CC(=O)O)NC(=O)OCc1ccccc1. The fourth-order valence-electron chi connectivity index (χ4n) is 3.10. The van der Waals surface area contributed by atoms with Crippen LogP contribution in [0.5, 0.6) is 0 Å². The summed E-state index contributed by atoms with van der Waals surface area (Å²) in [6.07, 6.45) is -0.0636. The van der Waals surface area contributed by atoms with Crippen molar-refractivity contribution in [2.45, 2.75) is 31.9 Å². The Bertz CT molecular complexity index is 549. The van der Waals surface area contributed by atoms with E-state index in [9.17, 15) is 14.7 Å². The van der Waals surface area contributed by atoms with Gasteiger partial charge in [0.25, 0.3) is 0 Å². The number of carboxylic acids is 1. The second kappa shape index (κ2) is 7.46. The molecule has 6 heteroatoms. The molecule has 1 aromatic carbocycles. The lowest BCUT2D eigenvalue weighted by atomic mass is 9.76. The Kier molecular flexibility index (Phi) is 5.60. The minimum atomic E-state index is -0.912. The van der Waals surface area contributed by atoms with Gasteiger partial charge in [0.05, 0.1) is 12.0 Å². The van der Waals surface area contributed by atoms with Gasteiger partial charge in [0, 0.05) is 13.1 Å². The van der Waals surface area contributed by atoms with Crippen LogP contribution in [0.15, 0.2) is 30.3 Å². The highest BCUT2D eigenvalue weighted by molar-refractivity contribution is 5.73. The van der Waals surface area contributed by atoms with E-state index in [0.717, 1.165) is 18.7 Å². The van der Waals surface area contributed by atoms with Crippen LogP contribution < -0.4 is 5.32 Å². The van der Waals surface area contributed by atoms with Gasteiger partial charge in [-0.2, -0.15) is 0 Å². The summed E-state index contributed by atoms with van der Waals surface area (Å²) in [6, 6.07) is 9.39. The van der Waals surface area contributed by atoms with Crippen molar-refractivity contribution in [1.82, 2.24) is 10.2 Å². The molecular weight excluding hydrogens is 296 g/mol. The molecule has 1 heterocycles. The average Bonchev–Trinajstić information content (AvgIpc) is 2.50. The van der Waals surface area contributed by atoms with Crippen LogP contribution in [0.3, 0.4) is 0 Å². The van der Waals surface area contributed by atoms with Crippen LogP contribution in [0, 0.1) is 5.92 Å². The molecule has 6 nitrogen and oxygen atoms in total. The third-order valence-electron chi connectivity index (χ3n) is 4.50. The molecule has 1 saturated heterocycles. The Hall–Kier alpha value is -2.08. The van der Waals surface area contributed by atoms with Crippen molar-refractivity contribution in [3.63, 3.8) is 0 Å². The minimum Gasteiger partial charge on any atom is -0.481 e. The normalized spacial score (nSPS) is 24.9. The van der Waals surface area contributed by atoms with Gasteiger partial charge in [-0.3, -0.25) is 4.79 Å². The molecule has 2 rings (SSSR count). The van der Waals surface area contributed by atoms with E-state index in [1.807, 2.05) is 44.3 Å². The molecule has 2 atom stereocenters. The van der Waals surface area contributed by atoms with Crippen molar-refractivity contribution in [3.8, 4) is 0 Å². The smallest absolute Gasteiger partial charge is 0.407 e. The summed E-state index contributed by atoms with van der Waals surface area (Å²) in [4.78, 5) is 25.6. The maximum Gasteiger partial charge on any atom is 0.407 e. The summed E-state index contributed by atoms with van der Waals surface area (Å²) in [5, 5.41) is 12.1. The minimum absolute atomic E-state index is 0.0293. The molecular formula is C17H24N2O4. The van der Waals surface area contributed by atoms with Gasteiger partial charge in [-0.05, 0) is 24.9 Å². The number of nitrogens with zero attached hydrogens (tertiary/aromatic N) is 1. The molecule has 0 radical (unpaired) electrons. The number of hydrogen-bond acceptors (Lipinski definition) is 4. The predicted molar refractivity (Wildman–Crippen MR) is 86.0 cm³/mol. The standard InChI is InChI=1S/C17H24N2O4/c1-13-11-19(2)9-8-17(13,10-15(20)21)18-16(22)23-12-14-6-4-3-5-7-14/h3-7,13H,8-12H2,1-2H3,(H,18,22)(H,20,21). The summed E-state index contributed by atoms with van der Waals surface area (Å²) in [7, 11) is 1.99. The van der Waals surface area contributed by atoms with Crippen molar-refractivity contribution in [2.24, 2.45) is 5.92 Å². The number of carbonyl (C=O) groups is 2. The number of rotatable bonds is 5. The Morgan fingerprint density at radius 3 is 2.70 bits per heavy atom. The Morgan fingerprint density at radius 1 is 1.39 bits per heavy atom. The second-order valence-electron chi connectivity index (χ2n) is 6.33. The first kappa shape index (κ1) is 17.3. The van der Waals surface area contributed by atoms with Crippen molar-refractivity contribution < 1.29 is 19.4 Å². The summed E-state index contributed by atoms with van der Waals surface area (Å²) < 4.78 is 5.26. The zero-order valence-corrected chi connectivity index (χ0v) is 13.6. The van der Waals surface area contributed by atoms with E-state index in [4.69, 9.17) is 4.74 Å². The van der Waals surface area contributed by atoms with Crippen LogP contribution in [0.25, 0.3) is 0 Å². The van der Waals surface area contributed by atoms with E-state index in [2.05, 4.69) is 10.2 Å².